The number of benzene rings is 1. The van der Waals surface area contributed by atoms with Crippen molar-refractivity contribution in [2.24, 2.45) is 4.99 Å². The molecule has 26 heavy (non-hydrogen) atoms. The molecule has 0 aliphatic carbocycles. The van der Waals surface area contributed by atoms with Crippen molar-refractivity contribution in [3.05, 3.63) is 29.8 Å². The normalized spacial score (nSPS) is 17.3. The predicted molar refractivity (Wildman–Crippen MR) is 105 cm³/mol. The summed E-state index contributed by atoms with van der Waals surface area (Å²) in [7, 11) is 3.49. The third kappa shape index (κ3) is 8.06. The topological polar surface area (TPSA) is 64.1 Å². The van der Waals surface area contributed by atoms with Gasteiger partial charge in [0.05, 0.1) is 19.8 Å². The Hall–Kier alpha value is -1.79. The smallest absolute Gasteiger partial charge is 0.190 e. The van der Waals surface area contributed by atoms with E-state index in [-0.39, 0.29) is 0 Å². The van der Waals surface area contributed by atoms with E-state index in [1.165, 1.54) is 5.56 Å². The zero-order valence-corrected chi connectivity index (χ0v) is 16.1. The molecule has 0 amide bonds. The van der Waals surface area contributed by atoms with Gasteiger partial charge in [0.1, 0.15) is 5.75 Å². The van der Waals surface area contributed by atoms with Gasteiger partial charge in [0, 0.05) is 33.4 Å². The summed E-state index contributed by atoms with van der Waals surface area (Å²) in [6, 6.07) is 8.24. The second-order valence-electron chi connectivity index (χ2n) is 6.44. The van der Waals surface area contributed by atoms with E-state index in [1.807, 2.05) is 12.1 Å². The Morgan fingerprint density at radius 1 is 1.19 bits per heavy atom. The number of nitrogens with zero attached hydrogens (tertiary/aromatic N) is 1. The maximum Gasteiger partial charge on any atom is 0.190 e. The van der Waals surface area contributed by atoms with Crippen molar-refractivity contribution < 1.29 is 14.2 Å². The Kier molecular flexibility index (Phi) is 9.90. The van der Waals surface area contributed by atoms with Crippen molar-refractivity contribution in [2.75, 3.05) is 47.1 Å². The molecule has 1 aliphatic heterocycles. The van der Waals surface area contributed by atoms with E-state index in [1.54, 1.807) is 14.2 Å². The van der Waals surface area contributed by atoms with Gasteiger partial charge in [0.2, 0.25) is 0 Å². The van der Waals surface area contributed by atoms with Crippen molar-refractivity contribution in [3.8, 4) is 5.75 Å². The minimum absolute atomic E-state index is 0.308. The van der Waals surface area contributed by atoms with Crippen LogP contribution in [0, 0.1) is 0 Å². The molecule has 0 spiro atoms. The molecule has 0 aromatic heterocycles. The van der Waals surface area contributed by atoms with Gasteiger partial charge in [-0.1, -0.05) is 12.1 Å². The van der Waals surface area contributed by atoms with Crippen molar-refractivity contribution in [1.82, 2.24) is 10.6 Å². The van der Waals surface area contributed by atoms with Crippen LogP contribution < -0.4 is 15.4 Å². The molecule has 1 heterocycles. The summed E-state index contributed by atoms with van der Waals surface area (Å²) < 4.78 is 16.4. The molecule has 146 valence electrons. The molecule has 2 rings (SSSR count). The lowest BCUT2D eigenvalue weighted by atomic mass is 10.1. The predicted octanol–water partition coefficient (Wildman–Crippen LogP) is 2.38. The van der Waals surface area contributed by atoms with Crippen LogP contribution in [0.15, 0.2) is 29.3 Å². The minimum atomic E-state index is 0.308. The van der Waals surface area contributed by atoms with Crippen LogP contribution in [0.1, 0.15) is 31.2 Å². The molecule has 1 atom stereocenters. The Bertz CT molecular complexity index is 514. The molecule has 1 aromatic rings. The van der Waals surface area contributed by atoms with Crippen molar-refractivity contribution in [2.45, 2.75) is 38.2 Å². The molecule has 0 bridgehead atoms. The highest BCUT2D eigenvalue weighted by atomic mass is 16.5. The van der Waals surface area contributed by atoms with Gasteiger partial charge < -0.3 is 24.8 Å². The summed E-state index contributed by atoms with van der Waals surface area (Å²) in [6.45, 7) is 4.10. The van der Waals surface area contributed by atoms with E-state index < -0.39 is 0 Å². The fourth-order valence-electron chi connectivity index (χ4n) is 2.88. The number of hydrogen-bond acceptors (Lipinski definition) is 4. The number of rotatable bonds is 11. The number of methoxy groups -OCH3 is 1. The van der Waals surface area contributed by atoms with Crippen LogP contribution in [0.25, 0.3) is 0 Å². The van der Waals surface area contributed by atoms with Gasteiger partial charge in [-0.2, -0.15) is 0 Å². The lowest BCUT2D eigenvalue weighted by Gasteiger charge is -2.13. The molecular formula is C20H33N3O3. The summed E-state index contributed by atoms with van der Waals surface area (Å²) in [5.74, 6) is 1.75. The number of aryl methyl sites for hydroxylation is 1. The monoisotopic (exact) mass is 363 g/mol. The van der Waals surface area contributed by atoms with Crippen LogP contribution in [0.5, 0.6) is 5.75 Å². The molecule has 1 saturated heterocycles. The largest absolute Gasteiger partial charge is 0.497 e. The summed E-state index contributed by atoms with van der Waals surface area (Å²) in [5.41, 5.74) is 1.32. The van der Waals surface area contributed by atoms with E-state index in [0.717, 1.165) is 76.7 Å². The second kappa shape index (κ2) is 12.5. The first-order chi connectivity index (χ1) is 12.8. The zero-order valence-electron chi connectivity index (χ0n) is 16.1. The van der Waals surface area contributed by atoms with Crippen molar-refractivity contribution in [3.63, 3.8) is 0 Å². The highest BCUT2D eigenvalue weighted by Crippen LogP contribution is 2.12. The summed E-state index contributed by atoms with van der Waals surface area (Å²) >= 11 is 0. The zero-order chi connectivity index (χ0) is 18.5. The van der Waals surface area contributed by atoms with E-state index in [2.05, 4.69) is 27.8 Å². The molecule has 1 aliphatic rings. The van der Waals surface area contributed by atoms with E-state index in [4.69, 9.17) is 14.2 Å². The molecule has 1 aromatic carbocycles. The summed E-state index contributed by atoms with van der Waals surface area (Å²) in [5, 5.41) is 6.67. The molecule has 1 fully saturated rings. The Balaban J connectivity index is 1.47. The van der Waals surface area contributed by atoms with Crippen LogP contribution in [0.4, 0.5) is 0 Å². The number of aliphatic imine (C=N–C) groups is 1. The summed E-state index contributed by atoms with van der Waals surface area (Å²) in [4.78, 5) is 4.25. The van der Waals surface area contributed by atoms with Crippen LogP contribution in [-0.4, -0.2) is 59.1 Å². The number of ether oxygens (including phenoxy) is 3. The van der Waals surface area contributed by atoms with Gasteiger partial charge in [-0.05, 0) is 49.8 Å². The van der Waals surface area contributed by atoms with Crippen molar-refractivity contribution >= 4 is 5.96 Å². The molecule has 1 unspecified atom stereocenters. The Morgan fingerprint density at radius 3 is 2.62 bits per heavy atom. The van der Waals surface area contributed by atoms with Crippen LogP contribution in [-0.2, 0) is 15.9 Å². The first-order valence-corrected chi connectivity index (χ1v) is 9.58. The fourth-order valence-corrected chi connectivity index (χ4v) is 2.88. The van der Waals surface area contributed by atoms with Gasteiger partial charge in [0.15, 0.2) is 5.96 Å². The molecule has 0 radical (unpaired) electrons. The lowest BCUT2D eigenvalue weighted by molar-refractivity contribution is 0.0168. The van der Waals surface area contributed by atoms with Gasteiger partial charge in [-0.25, -0.2) is 0 Å². The average Bonchev–Trinajstić information content (AvgIpc) is 3.20. The molecule has 2 N–H and O–H groups in total. The first-order valence-electron chi connectivity index (χ1n) is 9.58. The number of hydrogen-bond donors (Lipinski definition) is 2. The number of guanidine groups is 1. The highest BCUT2D eigenvalue weighted by Gasteiger charge is 2.14. The summed E-state index contributed by atoms with van der Waals surface area (Å²) in [6.07, 6.45) is 5.64. The lowest BCUT2D eigenvalue weighted by Crippen LogP contribution is -2.38. The van der Waals surface area contributed by atoms with E-state index >= 15 is 0 Å². The molecule has 6 nitrogen and oxygen atoms in total. The van der Waals surface area contributed by atoms with E-state index in [0.29, 0.717) is 6.10 Å². The SMILES string of the molecule is CN=C(NCCCOCC1CCCO1)NCCCc1ccc(OC)cc1. The first kappa shape index (κ1) is 20.5. The van der Waals surface area contributed by atoms with Crippen LogP contribution in [0.2, 0.25) is 0 Å². The molecule has 6 heteroatoms. The van der Waals surface area contributed by atoms with Crippen LogP contribution >= 0.6 is 0 Å². The van der Waals surface area contributed by atoms with Crippen molar-refractivity contribution in [1.29, 1.82) is 0 Å². The van der Waals surface area contributed by atoms with Gasteiger partial charge >= 0.3 is 0 Å². The molecular weight excluding hydrogens is 330 g/mol. The van der Waals surface area contributed by atoms with Crippen LogP contribution in [0.3, 0.4) is 0 Å². The minimum Gasteiger partial charge on any atom is -0.497 e. The maximum absolute atomic E-state index is 5.66. The third-order valence-electron chi connectivity index (χ3n) is 4.40. The third-order valence-corrected chi connectivity index (χ3v) is 4.40. The second-order valence-corrected chi connectivity index (χ2v) is 6.44. The Labute approximate surface area is 157 Å². The van der Waals surface area contributed by atoms with Gasteiger partial charge in [-0.15, -0.1) is 0 Å². The van der Waals surface area contributed by atoms with E-state index in [9.17, 15) is 0 Å². The quantitative estimate of drug-likeness (QED) is 0.359. The maximum atomic E-state index is 5.66. The van der Waals surface area contributed by atoms with Gasteiger partial charge in [0.25, 0.3) is 0 Å². The number of nitrogens with one attached hydrogen (secondary N) is 2. The fraction of sp³-hybridized carbons (Fsp3) is 0.650. The average molecular weight is 364 g/mol. The standard InChI is InChI=1S/C20H33N3O3/c1-21-20(23-13-5-14-25-16-19-7-4-15-26-19)22-12-3-6-17-8-10-18(24-2)11-9-17/h8-11,19H,3-7,12-16H2,1-2H3,(H2,21,22,23). The Morgan fingerprint density at radius 2 is 1.96 bits per heavy atom. The highest BCUT2D eigenvalue weighted by molar-refractivity contribution is 5.79. The molecule has 0 saturated carbocycles. The van der Waals surface area contributed by atoms with Gasteiger partial charge in [-0.3, -0.25) is 4.99 Å².